The zero-order valence-corrected chi connectivity index (χ0v) is 9.98. The van der Waals surface area contributed by atoms with Crippen LogP contribution in [-0.4, -0.2) is 24.2 Å². The van der Waals surface area contributed by atoms with Gasteiger partial charge in [-0.2, -0.15) is 0 Å². The normalized spacial score (nSPS) is 21.5. The summed E-state index contributed by atoms with van der Waals surface area (Å²) in [5.41, 5.74) is 1.05. The largest absolute Gasteiger partial charge is 0.470 e. The molecule has 1 saturated heterocycles. The van der Waals surface area contributed by atoms with E-state index in [0.29, 0.717) is 6.04 Å². The van der Waals surface area contributed by atoms with Crippen LogP contribution < -0.4 is 10.1 Å². The zero-order valence-electron chi connectivity index (χ0n) is 9.16. The summed E-state index contributed by atoms with van der Waals surface area (Å²) in [6.45, 7) is 3.94. The van der Waals surface area contributed by atoms with Crippen LogP contribution in [0.25, 0.3) is 0 Å². The van der Waals surface area contributed by atoms with Crippen molar-refractivity contribution in [3.63, 3.8) is 0 Å². The Morgan fingerprint density at radius 3 is 3.20 bits per heavy atom. The fourth-order valence-electron chi connectivity index (χ4n) is 1.86. The lowest BCUT2D eigenvalue weighted by molar-refractivity contribution is 0.267. The second-order valence-electron chi connectivity index (χ2n) is 4.04. The highest BCUT2D eigenvalue weighted by atomic mass is 32.1. The molecule has 0 spiro atoms. The molecule has 1 aliphatic rings. The number of rotatable bonds is 4. The summed E-state index contributed by atoms with van der Waals surface area (Å²) in [6, 6.07) is 0.653. The number of hydrogen-bond acceptors (Lipinski definition) is 4. The Hall–Kier alpha value is -0.610. The third-order valence-electron chi connectivity index (χ3n) is 2.70. The highest BCUT2D eigenvalue weighted by Crippen LogP contribution is 2.18. The van der Waals surface area contributed by atoms with Gasteiger partial charge in [0, 0.05) is 11.4 Å². The minimum atomic E-state index is 0.653. The van der Waals surface area contributed by atoms with Gasteiger partial charge in [0.25, 0.3) is 5.19 Å². The molecule has 0 saturated carbocycles. The van der Waals surface area contributed by atoms with E-state index in [-0.39, 0.29) is 0 Å². The predicted octanol–water partition coefficient (Wildman–Crippen LogP) is 2.36. The van der Waals surface area contributed by atoms with Crippen LogP contribution in [0, 0.1) is 6.92 Å². The number of aromatic nitrogens is 1. The molecule has 1 fully saturated rings. The van der Waals surface area contributed by atoms with Gasteiger partial charge in [-0.1, -0.05) is 17.8 Å². The molecule has 84 valence electrons. The quantitative estimate of drug-likeness (QED) is 0.856. The smallest absolute Gasteiger partial charge is 0.273 e. The molecule has 0 amide bonds. The first-order valence-corrected chi connectivity index (χ1v) is 6.51. The molecular formula is C11H18N2OS. The van der Waals surface area contributed by atoms with Gasteiger partial charge >= 0.3 is 0 Å². The maximum Gasteiger partial charge on any atom is 0.273 e. The van der Waals surface area contributed by atoms with E-state index in [0.717, 1.165) is 23.9 Å². The molecule has 1 aromatic heterocycles. The van der Waals surface area contributed by atoms with Crippen LogP contribution in [0.5, 0.6) is 5.19 Å². The zero-order chi connectivity index (χ0) is 10.5. The van der Waals surface area contributed by atoms with Gasteiger partial charge in [0.05, 0.1) is 12.3 Å². The maximum absolute atomic E-state index is 5.60. The van der Waals surface area contributed by atoms with Crippen molar-refractivity contribution in [1.82, 2.24) is 10.3 Å². The molecule has 15 heavy (non-hydrogen) atoms. The molecule has 1 N–H and O–H groups in total. The summed E-state index contributed by atoms with van der Waals surface area (Å²) in [5, 5.41) is 6.34. The highest BCUT2D eigenvalue weighted by molar-refractivity contribution is 7.11. The third kappa shape index (κ3) is 3.47. The molecule has 0 aliphatic carbocycles. The Morgan fingerprint density at radius 2 is 2.53 bits per heavy atom. The first-order valence-electron chi connectivity index (χ1n) is 5.63. The summed E-state index contributed by atoms with van der Waals surface area (Å²) < 4.78 is 5.60. The van der Waals surface area contributed by atoms with Crippen LogP contribution >= 0.6 is 11.3 Å². The summed E-state index contributed by atoms with van der Waals surface area (Å²) >= 11 is 1.58. The first kappa shape index (κ1) is 10.9. The van der Waals surface area contributed by atoms with Crippen molar-refractivity contribution >= 4 is 11.3 Å². The highest BCUT2D eigenvalue weighted by Gasteiger charge is 2.12. The van der Waals surface area contributed by atoms with E-state index in [1.54, 1.807) is 11.3 Å². The molecule has 1 unspecified atom stereocenters. The molecule has 0 bridgehead atoms. The Bertz CT molecular complexity index is 295. The number of nitrogens with zero attached hydrogens (tertiary/aromatic N) is 1. The topological polar surface area (TPSA) is 34.1 Å². The van der Waals surface area contributed by atoms with Crippen LogP contribution in [0.1, 0.15) is 31.4 Å². The van der Waals surface area contributed by atoms with E-state index >= 15 is 0 Å². The third-order valence-corrected chi connectivity index (χ3v) is 3.57. The summed E-state index contributed by atoms with van der Waals surface area (Å²) in [6.07, 6.45) is 5.07. The lowest BCUT2D eigenvalue weighted by Crippen LogP contribution is -2.35. The van der Waals surface area contributed by atoms with E-state index in [1.807, 2.05) is 12.3 Å². The van der Waals surface area contributed by atoms with Gasteiger partial charge in [-0.25, -0.2) is 4.98 Å². The SMILES string of the molecule is Cc1csc(OCCC2CCCCN2)n1. The first-order chi connectivity index (χ1) is 7.34. The van der Waals surface area contributed by atoms with Crippen molar-refractivity contribution in [2.75, 3.05) is 13.2 Å². The molecule has 2 rings (SSSR count). The maximum atomic E-state index is 5.60. The van der Waals surface area contributed by atoms with Gasteiger partial charge in [0.2, 0.25) is 0 Å². The molecule has 2 heterocycles. The molecule has 0 aromatic carbocycles. The Balaban J connectivity index is 1.65. The predicted molar refractivity (Wildman–Crippen MR) is 62.6 cm³/mol. The second-order valence-corrected chi connectivity index (χ2v) is 4.86. The van der Waals surface area contributed by atoms with Gasteiger partial charge in [0.1, 0.15) is 0 Å². The number of hydrogen-bond donors (Lipinski definition) is 1. The number of aryl methyl sites for hydroxylation is 1. The van der Waals surface area contributed by atoms with Crippen LogP contribution in [0.15, 0.2) is 5.38 Å². The van der Waals surface area contributed by atoms with Crippen LogP contribution in [0.2, 0.25) is 0 Å². The summed E-state index contributed by atoms with van der Waals surface area (Å²) in [5.74, 6) is 0. The average molecular weight is 226 g/mol. The minimum Gasteiger partial charge on any atom is -0.470 e. The number of ether oxygens (including phenoxy) is 1. The van der Waals surface area contributed by atoms with E-state index < -0.39 is 0 Å². The summed E-state index contributed by atoms with van der Waals surface area (Å²) in [7, 11) is 0. The van der Waals surface area contributed by atoms with Gasteiger partial charge in [-0.15, -0.1) is 0 Å². The van der Waals surface area contributed by atoms with Gasteiger partial charge in [-0.3, -0.25) is 0 Å². The van der Waals surface area contributed by atoms with Crippen molar-refractivity contribution in [2.24, 2.45) is 0 Å². The van der Waals surface area contributed by atoms with Crippen molar-refractivity contribution in [3.05, 3.63) is 11.1 Å². The number of piperidine rings is 1. The van der Waals surface area contributed by atoms with E-state index in [1.165, 1.54) is 25.8 Å². The molecular weight excluding hydrogens is 208 g/mol. The Labute approximate surface area is 94.9 Å². The number of nitrogens with one attached hydrogen (secondary N) is 1. The van der Waals surface area contributed by atoms with Crippen molar-refractivity contribution < 1.29 is 4.74 Å². The van der Waals surface area contributed by atoms with Gasteiger partial charge in [-0.05, 0) is 32.7 Å². The van der Waals surface area contributed by atoms with Crippen LogP contribution in [0.4, 0.5) is 0 Å². The van der Waals surface area contributed by atoms with Crippen molar-refractivity contribution in [2.45, 2.75) is 38.6 Å². The molecule has 1 aromatic rings. The molecule has 1 aliphatic heterocycles. The van der Waals surface area contributed by atoms with E-state index in [2.05, 4.69) is 10.3 Å². The second kappa shape index (κ2) is 5.47. The van der Waals surface area contributed by atoms with Gasteiger partial charge < -0.3 is 10.1 Å². The Kier molecular flexibility index (Phi) is 3.97. The Morgan fingerprint density at radius 1 is 1.60 bits per heavy atom. The fourth-order valence-corrected chi connectivity index (χ4v) is 2.53. The van der Waals surface area contributed by atoms with E-state index in [4.69, 9.17) is 4.74 Å². The molecule has 4 heteroatoms. The van der Waals surface area contributed by atoms with Crippen LogP contribution in [0.3, 0.4) is 0 Å². The summed E-state index contributed by atoms with van der Waals surface area (Å²) in [4.78, 5) is 4.27. The minimum absolute atomic E-state index is 0.653. The molecule has 1 atom stereocenters. The van der Waals surface area contributed by atoms with Crippen molar-refractivity contribution in [1.29, 1.82) is 0 Å². The number of thiazole rings is 1. The molecule has 0 radical (unpaired) electrons. The van der Waals surface area contributed by atoms with E-state index in [9.17, 15) is 0 Å². The standard InChI is InChI=1S/C11H18N2OS/c1-9-8-15-11(13-9)14-7-5-10-4-2-3-6-12-10/h8,10,12H,2-7H2,1H3. The van der Waals surface area contributed by atoms with Crippen molar-refractivity contribution in [3.8, 4) is 5.19 Å². The average Bonchev–Trinajstić information content (AvgIpc) is 2.66. The lowest BCUT2D eigenvalue weighted by Gasteiger charge is -2.22. The van der Waals surface area contributed by atoms with Gasteiger partial charge in [0.15, 0.2) is 0 Å². The monoisotopic (exact) mass is 226 g/mol. The lowest BCUT2D eigenvalue weighted by atomic mass is 10.0. The van der Waals surface area contributed by atoms with Crippen LogP contribution in [-0.2, 0) is 0 Å². The fraction of sp³-hybridized carbons (Fsp3) is 0.727. The molecule has 3 nitrogen and oxygen atoms in total.